The molecule has 0 N–H and O–H groups in total. The molecule has 0 saturated heterocycles. The molecule has 0 aromatic heterocycles. The molecule has 2 aromatic carbocycles. The first-order valence-electron chi connectivity index (χ1n) is 12.5. The number of carbonyl (C=O) groups excluding carboxylic acids is 1. The number of ether oxygens (including phenoxy) is 2. The fourth-order valence-corrected chi connectivity index (χ4v) is 4.77. The zero-order valence-corrected chi connectivity index (χ0v) is 23.0. The third-order valence-corrected chi connectivity index (χ3v) is 6.79. The number of halogens is 6. The smallest absolute Gasteiger partial charge is 0.493 e. The summed E-state index contributed by atoms with van der Waals surface area (Å²) in [6.07, 6.45) is -2.58. The zero-order chi connectivity index (χ0) is 27.5. The molecule has 38 heavy (non-hydrogen) atoms. The molecule has 0 amide bonds. The van der Waals surface area contributed by atoms with E-state index in [0.29, 0.717) is 37.2 Å². The molecule has 0 radical (unpaired) electrons. The van der Waals surface area contributed by atoms with Gasteiger partial charge in [-0.2, -0.15) is 26.3 Å². The van der Waals surface area contributed by atoms with Crippen molar-refractivity contribution in [3.05, 3.63) is 53.1 Å². The van der Waals surface area contributed by atoms with E-state index in [2.05, 4.69) is 13.8 Å². The molecular formula is C27H33F6LiO3P+. The Morgan fingerprint density at radius 1 is 0.763 bits per heavy atom. The van der Waals surface area contributed by atoms with Gasteiger partial charge in [-0.05, 0) is 45.7 Å². The van der Waals surface area contributed by atoms with Crippen molar-refractivity contribution < 1.29 is 59.5 Å². The Morgan fingerprint density at radius 3 is 1.79 bits per heavy atom. The van der Waals surface area contributed by atoms with Gasteiger partial charge in [0, 0.05) is 16.9 Å². The van der Waals surface area contributed by atoms with Crippen LogP contribution in [0.2, 0.25) is 0 Å². The summed E-state index contributed by atoms with van der Waals surface area (Å²) < 4.78 is 92.9. The molecule has 0 aliphatic rings. The maximum Gasteiger partial charge on any atom is 1.00 e. The quantitative estimate of drug-likeness (QED) is 0.120. The molecule has 11 heteroatoms. The minimum absolute atomic E-state index is 0. The van der Waals surface area contributed by atoms with Gasteiger partial charge in [0.25, 0.3) is 0 Å². The molecule has 0 heterocycles. The topological polar surface area (TPSA) is 35.5 Å². The van der Waals surface area contributed by atoms with Crippen LogP contribution >= 0.6 is 8.58 Å². The van der Waals surface area contributed by atoms with Crippen LogP contribution in [0.5, 0.6) is 11.5 Å². The van der Waals surface area contributed by atoms with Crippen LogP contribution in [0.1, 0.15) is 86.7 Å². The molecule has 206 valence electrons. The molecule has 0 fully saturated rings. The van der Waals surface area contributed by atoms with Gasteiger partial charge in [-0.3, -0.25) is 4.79 Å². The summed E-state index contributed by atoms with van der Waals surface area (Å²) in [4.78, 5) is 13.0. The third kappa shape index (κ3) is 10.8. The monoisotopic (exact) mass is 557 g/mol. The predicted octanol–water partition coefficient (Wildman–Crippen LogP) is 5.79. The van der Waals surface area contributed by atoms with Crippen LogP contribution in [0.3, 0.4) is 0 Å². The molecule has 0 bridgehead atoms. The summed E-state index contributed by atoms with van der Waals surface area (Å²) in [6, 6.07) is 6.22. The van der Waals surface area contributed by atoms with Crippen molar-refractivity contribution in [3.63, 3.8) is 0 Å². The summed E-state index contributed by atoms with van der Waals surface area (Å²) in [5.74, 6) is 0.694. The van der Waals surface area contributed by atoms with Crippen molar-refractivity contribution in [2.75, 3.05) is 13.2 Å². The molecule has 3 nitrogen and oxygen atoms in total. The van der Waals surface area contributed by atoms with Crippen LogP contribution in [0.25, 0.3) is 0 Å². The van der Waals surface area contributed by atoms with Crippen LogP contribution in [0.4, 0.5) is 26.3 Å². The summed E-state index contributed by atoms with van der Waals surface area (Å²) in [6.45, 7) is 4.92. The van der Waals surface area contributed by atoms with E-state index < -0.39 is 43.1 Å². The SMILES string of the molecule is CCCCCCOc1ccc(PC(=O)c2c(C(F)(F)F)cccc2C(F)(F)F)c(OCCCCCC)c1.[Li+]. The number of alkyl halides is 6. The molecule has 2 rings (SSSR count). The number of carbonyl (C=O) groups is 1. The van der Waals surface area contributed by atoms with E-state index in [9.17, 15) is 31.1 Å². The number of rotatable bonds is 15. The first-order valence-corrected chi connectivity index (χ1v) is 13.5. The van der Waals surface area contributed by atoms with E-state index in [4.69, 9.17) is 9.47 Å². The Bertz CT molecular complexity index is 979. The first kappa shape index (κ1) is 34.3. The Labute approximate surface area is 234 Å². The average molecular weight is 557 g/mol. The maximum atomic E-state index is 13.6. The zero-order valence-electron chi connectivity index (χ0n) is 22.0. The van der Waals surface area contributed by atoms with Gasteiger partial charge in [0.05, 0.1) is 24.3 Å². The first-order chi connectivity index (χ1) is 17.5. The molecule has 0 aliphatic carbocycles. The Balaban J connectivity index is 0.00000722. The molecule has 0 aliphatic heterocycles. The Morgan fingerprint density at radius 2 is 1.29 bits per heavy atom. The van der Waals surface area contributed by atoms with Crippen molar-refractivity contribution in [1.82, 2.24) is 0 Å². The van der Waals surface area contributed by atoms with Crippen molar-refractivity contribution >= 4 is 19.4 Å². The predicted molar refractivity (Wildman–Crippen MR) is 134 cm³/mol. The molecule has 0 saturated carbocycles. The van der Waals surface area contributed by atoms with Gasteiger partial charge >= 0.3 is 31.2 Å². The van der Waals surface area contributed by atoms with Gasteiger partial charge in [0.2, 0.25) is 0 Å². The number of hydrogen-bond acceptors (Lipinski definition) is 3. The second-order valence-electron chi connectivity index (χ2n) is 8.65. The van der Waals surface area contributed by atoms with Crippen molar-refractivity contribution in [3.8, 4) is 11.5 Å². The largest absolute Gasteiger partial charge is 1.00 e. The van der Waals surface area contributed by atoms with Gasteiger partial charge in [-0.25, -0.2) is 0 Å². The van der Waals surface area contributed by atoms with Crippen molar-refractivity contribution in [2.24, 2.45) is 0 Å². The minimum Gasteiger partial charge on any atom is -0.493 e. The van der Waals surface area contributed by atoms with Gasteiger partial charge < -0.3 is 9.47 Å². The molecule has 2 aromatic rings. The normalized spacial score (nSPS) is 12.0. The summed E-state index contributed by atoms with van der Waals surface area (Å²) in [5.41, 5.74) is -5.84. The second-order valence-corrected chi connectivity index (χ2v) is 9.90. The van der Waals surface area contributed by atoms with E-state index in [1.165, 1.54) is 6.07 Å². The number of unbranched alkanes of at least 4 members (excludes halogenated alkanes) is 6. The Hall–Kier alpha value is -1.68. The third-order valence-electron chi connectivity index (χ3n) is 5.63. The molecule has 1 unspecified atom stereocenters. The fraction of sp³-hybridized carbons (Fsp3) is 0.519. The van der Waals surface area contributed by atoms with Gasteiger partial charge in [-0.15, -0.1) is 0 Å². The van der Waals surface area contributed by atoms with Gasteiger partial charge in [0.1, 0.15) is 11.5 Å². The van der Waals surface area contributed by atoms with Crippen LogP contribution in [0.15, 0.2) is 36.4 Å². The van der Waals surface area contributed by atoms with Crippen LogP contribution in [0, 0.1) is 0 Å². The van der Waals surface area contributed by atoms with Crippen molar-refractivity contribution in [1.29, 1.82) is 0 Å². The fourth-order valence-electron chi connectivity index (χ4n) is 3.70. The standard InChI is InChI=1S/C27H33F6O3P.Li/c1-3-5-7-9-16-35-19-14-15-23(22(18-19)36-17-10-8-6-4-2)37-25(34)24-20(26(28,29)30)12-11-13-21(24)27(31,32)33;/h11-15,18,37H,3-10,16-17H2,1-2H3;/q;+1. The average Bonchev–Trinajstić information content (AvgIpc) is 2.83. The summed E-state index contributed by atoms with van der Waals surface area (Å²) in [5, 5.41) is 0.226. The Kier molecular flexibility index (Phi) is 14.8. The van der Waals surface area contributed by atoms with Crippen LogP contribution in [-0.4, -0.2) is 18.7 Å². The van der Waals surface area contributed by atoms with Crippen molar-refractivity contribution in [2.45, 2.75) is 77.6 Å². The summed E-state index contributed by atoms with van der Waals surface area (Å²) >= 11 is 0. The van der Waals surface area contributed by atoms with Crippen LogP contribution in [-0.2, 0) is 12.4 Å². The molecular weight excluding hydrogens is 524 g/mol. The van der Waals surface area contributed by atoms with E-state index in [-0.39, 0.29) is 29.9 Å². The van der Waals surface area contributed by atoms with Gasteiger partial charge in [-0.1, -0.05) is 58.4 Å². The summed E-state index contributed by atoms with van der Waals surface area (Å²) in [7, 11) is -1.00. The van der Waals surface area contributed by atoms with E-state index in [1.54, 1.807) is 12.1 Å². The molecule has 1 atom stereocenters. The maximum absolute atomic E-state index is 13.6. The number of benzene rings is 2. The van der Waals surface area contributed by atoms with E-state index in [0.717, 1.165) is 51.4 Å². The second kappa shape index (κ2) is 16.4. The minimum atomic E-state index is -5.12. The van der Waals surface area contributed by atoms with Gasteiger partial charge in [0.15, 0.2) is 5.52 Å². The number of hydrogen-bond donors (Lipinski definition) is 0. The van der Waals surface area contributed by atoms with E-state index >= 15 is 0 Å². The molecule has 0 spiro atoms. The van der Waals surface area contributed by atoms with E-state index in [1.807, 2.05) is 0 Å². The van der Waals surface area contributed by atoms with Crippen LogP contribution < -0.4 is 33.6 Å².